The van der Waals surface area contributed by atoms with Crippen LogP contribution in [0, 0.1) is 12.7 Å². The summed E-state index contributed by atoms with van der Waals surface area (Å²) in [6.45, 7) is 7.48. The monoisotopic (exact) mass is 465 g/mol. The maximum absolute atomic E-state index is 14.8. The average molecular weight is 466 g/mol. The van der Waals surface area contributed by atoms with Gasteiger partial charge in [-0.15, -0.1) is 0 Å². The van der Waals surface area contributed by atoms with Crippen molar-refractivity contribution in [3.05, 3.63) is 88.0 Å². The van der Waals surface area contributed by atoms with Crippen molar-refractivity contribution in [3.8, 4) is 11.1 Å². The van der Waals surface area contributed by atoms with Gasteiger partial charge in [-0.2, -0.15) is 0 Å². The average Bonchev–Trinajstić information content (AvgIpc) is 3.16. The van der Waals surface area contributed by atoms with E-state index >= 15 is 0 Å². The van der Waals surface area contributed by atoms with E-state index in [1.807, 2.05) is 39.8 Å². The van der Waals surface area contributed by atoms with Crippen molar-refractivity contribution >= 4 is 23.2 Å². The van der Waals surface area contributed by atoms with Crippen molar-refractivity contribution in [1.82, 2.24) is 10.3 Å². The molecule has 0 radical (unpaired) electrons. The Bertz CT molecular complexity index is 1260. The molecule has 4 rings (SSSR count). The summed E-state index contributed by atoms with van der Waals surface area (Å²) in [7, 11) is 0. The molecule has 0 saturated carbocycles. The van der Waals surface area contributed by atoms with Gasteiger partial charge in [-0.1, -0.05) is 28.9 Å². The Hall–Kier alpha value is -3.25. The topological polar surface area (TPSA) is 63.6 Å². The molecule has 3 aromatic rings. The first-order valence-electron chi connectivity index (χ1n) is 10.8. The third-order valence-corrected chi connectivity index (χ3v) is 5.81. The number of benzene rings is 2. The maximum atomic E-state index is 14.8. The van der Waals surface area contributed by atoms with Crippen LogP contribution in [0.15, 0.2) is 59.9 Å². The summed E-state index contributed by atoms with van der Waals surface area (Å²) in [6, 6.07) is 13.8. The van der Waals surface area contributed by atoms with Gasteiger partial charge in [0.05, 0.1) is 10.7 Å². The van der Waals surface area contributed by atoms with Crippen molar-refractivity contribution in [2.45, 2.75) is 45.8 Å². The summed E-state index contributed by atoms with van der Waals surface area (Å²) >= 11 is 6.35. The van der Waals surface area contributed by atoms with Crippen LogP contribution in [-0.4, -0.2) is 22.6 Å². The lowest BCUT2D eigenvalue weighted by molar-refractivity contribution is -0.0107. The standard InChI is InChI=1S/C26H25ClFN3O2/c1-15(2)30-25(32)19-12-17(20-8-7-16(3)10-22(20)28)11-18(13-19)23-14-26(4,33-31-23)24-21(27)6-5-9-29-24/h5-13,15H,14H2,1-4H3,(H,30,32). The maximum Gasteiger partial charge on any atom is 0.251 e. The minimum absolute atomic E-state index is 0.0394. The molecule has 0 fully saturated rings. The molecule has 1 aliphatic heterocycles. The molecular formula is C26H25ClFN3O2. The number of nitrogens with one attached hydrogen (secondary N) is 1. The number of halogens is 2. The van der Waals surface area contributed by atoms with Gasteiger partial charge < -0.3 is 10.2 Å². The van der Waals surface area contributed by atoms with Crippen molar-refractivity contribution in [1.29, 1.82) is 0 Å². The third kappa shape index (κ3) is 4.76. The molecule has 2 heterocycles. The van der Waals surface area contributed by atoms with Crippen LogP contribution in [0.3, 0.4) is 0 Å². The Morgan fingerprint density at radius 3 is 2.64 bits per heavy atom. The van der Waals surface area contributed by atoms with Gasteiger partial charge in [0.25, 0.3) is 5.91 Å². The third-order valence-electron chi connectivity index (χ3n) is 5.51. The molecule has 1 N–H and O–H groups in total. The lowest BCUT2D eigenvalue weighted by atomic mass is 9.90. The van der Waals surface area contributed by atoms with Gasteiger partial charge in [-0.05, 0) is 75.2 Å². The Labute approximate surface area is 197 Å². The van der Waals surface area contributed by atoms with E-state index in [9.17, 15) is 9.18 Å². The number of hydrogen-bond donors (Lipinski definition) is 1. The zero-order valence-corrected chi connectivity index (χ0v) is 19.7. The summed E-state index contributed by atoms with van der Waals surface area (Å²) in [4.78, 5) is 23.0. The highest BCUT2D eigenvalue weighted by Crippen LogP contribution is 2.39. The molecule has 1 atom stereocenters. The predicted octanol–water partition coefficient (Wildman–Crippen LogP) is 6.03. The van der Waals surface area contributed by atoms with Gasteiger partial charge in [0, 0.05) is 35.3 Å². The van der Waals surface area contributed by atoms with Gasteiger partial charge >= 0.3 is 0 Å². The molecule has 0 spiro atoms. The SMILES string of the molecule is Cc1ccc(-c2cc(C(=O)NC(C)C)cc(C3=NOC(C)(c4ncccc4Cl)C3)c2)c(F)c1. The van der Waals surface area contributed by atoms with Crippen molar-refractivity contribution in [3.63, 3.8) is 0 Å². The van der Waals surface area contributed by atoms with Crippen LogP contribution in [0.5, 0.6) is 0 Å². The quantitative estimate of drug-likeness (QED) is 0.500. The molecular weight excluding hydrogens is 441 g/mol. The molecule has 1 unspecified atom stereocenters. The second kappa shape index (κ2) is 8.94. The van der Waals surface area contributed by atoms with Crippen molar-refractivity contribution in [2.24, 2.45) is 5.16 Å². The Balaban J connectivity index is 1.76. The molecule has 1 amide bonds. The van der Waals surface area contributed by atoms with Crippen molar-refractivity contribution in [2.75, 3.05) is 0 Å². The molecule has 1 aliphatic rings. The number of oxime groups is 1. The molecule has 0 bridgehead atoms. The minimum atomic E-state index is -0.848. The zero-order chi connectivity index (χ0) is 23.8. The molecule has 7 heteroatoms. The first-order valence-corrected chi connectivity index (χ1v) is 11.1. The highest BCUT2D eigenvalue weighted by atomic mass is 35.5. The van der Waals surface area contributed by atoms with E-state index in [-0.39, 0.29) is 17.8 Å². The second-order valence-electron chi connectivity index (χ2n) is 8.78. The molecule has 170 valence electrons. The van der Waals surface area contributed by atoms with E-state index in [1.54, 1.807) is 36.5 Å². The first kappa shape index (κ1) is 22.9. The zero-order valence-electron chi connectivity index (χ0n) is 18.9. The number of pyridine rings is 1. The molecule has 0 saturated heterocycles. The lowest BCUT2D eigenvalue weighted by Crippen LogP contribution is -2.30. The molecule has 1 aromatic heterocycles. The molecule has 5 nitrogen and oxygen atoms in total. The highest BCUT2D eigenvalue weighted by molar-refractivity contribution is 6.31. The molecule has 33 heavy (non-hydrogen) atoms. The van der Waals surface area contributed by atoms with E-state index in [1.165, 1.54) is 6.07 Å². The first-order chi connectivity index (χ1) is 15.7. The number of nitrogens with zero attached hydrogens (tertiary/aromatic N) is 2. The summed E-state index contributed by atoms with van der Waals surface area (Å²) in [5.41, 5.74) is 3.29. The summed E-state index contributed by atoms with van der Waals surface area (Å²) < 4.78 is 14.8. The van der Waals surface area contributed by atoms with E-state index in [0.29, 0.717) is 45.1 Å². The molecule has 0 aliphatic carbocycles. The number of rotatable bonds is 5. The van der Waals surface area contributed by atoms with Crippen LogP contribution >= 0.6 is 11.6 Å². The van der Waals surface area contributed by atoms with Crippen molar-refractivity contribution < 1.29 is 14.0 Å². The van der Waals surface area contributed by atoms with E-state index in [4.69, 9.17) is 16.4 Å². The fraction of sp³-hybridized carbons (Fsp3) is 0.269. The van der Waals surface area contributed by atoms with Crippen LogP contribution in [0.1, 0.15) is 54.4 Å². The Morgan fingerprint density at radius 1 is 1.18 bits per heavy atom. The van der Waals surface area contributed by atoms with Gasteiger partial charge in [0.2, 0.25) is 0 Å². The van der Waals surface area contributed by atoms with Crippen LogP contribution < -0.4 is 5.32 Å². The van der Waals surface area contributed by atoms with Crippen LogP contribution in [-0.2, 0) is 10.4 Å². The van der Waals surface area contributed by atoms with Gasteiger partial charge in [-0.3, -0.25) is 9.78 Å². The van der Waals surface area contributed by atoms with E-state index in [0.717, 1.165) is 5.56 Å². The van der Waals surface area contributed by atoms with Crippen LogP contribution in [0.25, 0.3) is 11.1 Å². The second-order valence-corrected chi connectivity index (χ2v) is 9.19. The largest absolute Gasteiger partial charge is 0.382 e. The summed E-state index contributed by atoms with van der Waals surface area (Å²) in [5.74, 6) is -0.590. The number of carbonyl (C=O) groups is 1. The van der Waals surface area contributed by atoms with Gasteiger partial charge in [0.1, 0.15) is 11.5 Å². The number of aryl methyl sites for hydroxylation is 1. The Morgan fingerprint density at radius 2 is 1.94 bits per heavy atom. The van der Waals surface area contributed by atoms with Crippen LogP contribution in [0.4, 0.5) is 4.39 Å². The van der Waals surface area contributed by atoms with E-state index < -0.39 is 5.60 Å². The Kier molecular flexibility index (Phi) is 6.21. The predicted molar refractivity (Wildman–Crippen MR) is 128 cm³/mol. The highest BCUT2D eigenvalue weighted by Gasteiger charge is 2.39. The van der Waals surface area contributed by atoms with Crippen LogP contribution in [0.2, 0.25) is 5.02 Å². The number of hydrogen-bond acceptors (Lipinski definition) is 4. The number of carbonyl (C=O) groups excluding carboxylic acids is 1. The fourth-order valence-corrected chi connectivity index (χ4v) is 4.20. The van der Waals surface area contributed by atoms with E-state index in [2.05, 4.69) is 15.5 Å². The molecule has 2 aromatic carbocycles. The summed E-state index contributed by atoms with van der Waals surface area (Å²) in [6.07, 6.45) is 2.05. The number of aromatic nitrogens is 1. The fourth-order valence-electron chi connectivity index (χ4n) is 3.88. The van der Waals surface area contributed by atoms with Gasteiger partial charge in [-0.25, -0.2) is 4.39 Å². The normalized spacial score (nSPS) is 17.6. The summed E-state index contributed by atoms with van der Waals surface area (Å²) in [5, 5.41) is 7.69. The lowest BCUT2D eigenvalue weighted by Gasteiger charge is -2.21. The van der Waals surface area contributed by atoms with Gasteiger partial charge in [0.15, 0.2) is 5.60 Å². The minimum Gasteiger partial charge on any atom is -0.382 e. The smallest absolute Gasteiger partial charge is 0.251 e. The number of amides is 1.